The van der Waals surface area contributed by atoms with E-state index in [4.69, 9.17) is 10.6 Å². The number of aliphatic carboxylic acids is 2. The van der Waals surface area contributed by atoms with Gasteiger partial charge < -0.3 is 32.3 Å². The molecule has 0 bridgehead atoms. The molecule has 2 amide bonds. The third-order valence-electron chi connectivity index (χ3n) is 5.54. The third-order valence-corrected chi connectivity index (χ3v) is 7.55. The van der Waals surface area contributed by atoms with Gasteiger partial charge in [-0.3, -0.25) is 14.5 Å². The van der Waals surface area contributed by atoms with Crippen molar-refractivity contribution in [1.82, 2.24) is 15.2 Å². The molecule has 16 heteroatoms. The van der Waals surface area contributed by atoms with Crippen LogP contribution >= 0.6 is 23.1 Å². The molecule has 1 saturated heterocycles. The van der Waals surface area contributed by atoms with Gasteiger partial charge in [-0.1, -0.05) is 11.2 Å². The number of anilines is 1. The van der Waals surface area contributed by atoms with E-state index in [-0.39, 0.29) is 59.8 Å². The summed E-state index contributed by atoms with van der Waals surface area (Å²) in [5.74, 6) is -4.01. The molecule has 0 aromatic carbocycles. The molecule has 0 saturated carbocycles. The van der Waals surface area contributed by atoms with Crippen LogP contribution < -0.4 is 50.3 Å². The fourth-order valence-electron chi connectivity index (χ4n) is 3.56. The minimum absolute atomic E-state index is 0. The molecule has 0 radical (unpaired) electrons. The Balaban J connectivity index is 0.00000267. The Morgan fingerprint density at radius 2 is 2.05 bits per heavy atom. The second kappa shape index (κ2) is 11.8. The molecule has 2 aliphatic rings. The quantitative estimate of drug-likeness (QED) is 0.0876. The van der Waals surface area contributed by atoms with Crippen molar-refractivity contribution in [2.45, 2.75) is 37.4 Å². The van der Waals surface area contributed by atoms with Gasteiger partial charge in [-0.05, 0) is 13.8 Å². The molecule has 2 aromatic heterocycles. The van der Waals surface area contributed by atoms with E-state index < -0.39 is 40.8 Å². The smallest absolute Gasteiger partial charge is 1.00 e. The number of carboxylic acids is 2. The first-order valence-corrected chi connectivity index (χ1v) is 12.8. The average Bonchev–Trinajstić information content (AvgIpc) is 3.28. The molecule has 2 aliphatic heterocycles. The van der Waals surface area contributed by atoms with E-state index in [1.54, 1.807) is 29.1 Å². The maximum Gasteiger partial charge on any atom is 1.00 e. The van der Waals surface area contributed by atoms with Crippen LogP contribution in [0.2, 0.25) is 0 Å². The fraction of sp³-hybridized carbons (Fsp3) is 0.318. The van der Waals surface area contributed by atoms with Crippen molar-refractivity contribution in [3.8, 4) is 0 Å². The first kappa shape index (κ1) is 29.6. The number of aromatic nitrogens is 2. The molecule has 0 spiro atoms. The molecule has 4 heterocycles. The van der Waals surface area contributed by atoms with Crippen molar-refractivity contribution < 1.29 is 69.8 Å². The summed E-state index contributed by atoms with van der Waals surface area (Å²) in [5, 5.41) is 28.4. The Morgan fingerprint density at radius 1 is 1.37 bits per heavy atom. The summed E-state index contributed by atoms with van der Waals surface area (Å²) in [5.41, 5.74) is 3.83. The van der Waals surface area contributed by atoms with E-state index in [0.29, 0.717) is 11.3 Å². The van der Waals surface area contributed by atoms with Crippen LogP contribution in [-0.4, -0.2) is 67.2 Å². The Bertz CT molecular complexity index is 1340. The number of carbonyl (C=O) groups is 4. The second-order valence-electron chi connectivity index (χ2n) is 8.57. The number of thiazole rings is 1. The molecule has 4 rings (SSSR count). The zero-order chi connectivity index (χ0) is 26.9. The molecule has 0 aliphatic carbocycles. The molecule has 1 fully saturated rings. The number of carbonyl (C=O) groups excluding carboxylic acids is 3. The number of nitrogens with one attached hydrogen (secondary N) is 1. The van der Waals surface area contributed by atoms with Gasteiger partial charge in [0.05, 0.1) is 11.7 Å². The summed E-state index contributed by atoms with van der Waals surface area (Å²) in [6, 6.07) is 4.36. The maximum atomic E-state index is 13.1. The van der Waals surface area contributed by atoms with Gasteiger partial charge in [-0.25, -0.2) is 14.3 Å². The van der Waals surface area contributed by atoms with Crippen LogP contribution in [0.15, 0.2) is 52.4 Å². The van der Waals surface area contributed by atoms with Gasteiger partial charge in [0.25, 0.3) is 11.8 Å². The molecule has 2 aromatic rings. The predicted molar refractivity (Wildman–Crippen MR) is 131 cm³/mol. The maximum absolute atomic E-state index is 13.1. The first-order valence-electron chi connectivity index (χ1n) is 10.8. The van der Waals surface area contributed by atoms with Crippen molar-refractivity contribution >= 4 is 57.7 Å². The number of thioether (sulfide) groups is 1. The number of carboxylic acid groups (broad SMARTS) is 2. The van der Waals surface area contributed by atoms with Gasteiger partial charge in [0.2, 0.25) is 5.60 Å². The van der Waals surface area contributed by atoms with Crippen LogP contribution in [0.5, 0.6) is 0 Å². The number of fused-ring (bicyclic) bond motifs is 1. The SMILES string of the molecule is CC(C)(O/N=C(\C(=O)N[C@@H]1C(=O)N2C(C(=O)[O-])=C(C[n+]3ccccc3)CS[C@H]12)c1csc(N)n1)C(=O)O.[H-].[Na+]. The van der Waals surface area contributed by atoms with Gasteiger partial charge in [0.1, 0.15) is 17.1 Å². The fourth-order valence-corrected chi connectivity index (χ4v) is 5.45. The van der Waals surface area contributed by atoms with Crippen molar-refractivity contribution in [3.05, 3.63) is 52.9 Å². The predicted octanol–water partition coefficient (Wildman–Crippen LogP) is -4.18. The number of hydrogen-bond donors (Lipinski definition) is 3. The largest absolute Gasteiger partial charge is 1.00 e. The number of nitrogens with two attached hydrogens (primary N) is 1. The number of nitrogen functional groups attached to an aromatic ring is 1. The number of amides is 2. The van der Waals surface area contributed by atoms with Crippen LogP contribution in [0.25, 0.3) is 0 Å². The van der Waals surface area contributed by atoms with Crippen molar-refractivity contribution in [1.29, 1.82) is 0 Å². The monoisotopic (exact) mass is 570 g/mol. The van der Waals surface area contributed by atoms with E-state index in [0.717, 1.165) is 16.2 Å². The van der Waals surface area contributed by atoms with Gasteiger partial charge in [-0.15, -0.1) is 23.1 Å². The van der Waals surface area contributed by atoms with Crippen LogP contribution in [0, 0.1) is 0 Å². The van der Waals surface area contributed by atoms with E-state index >= 15 is 0 Å². The van der Waals surface area contributed by atoms with E-state index in [1.165, 1.54) is 31.0 Å². The van der Waals surface area contributed by atoms with E-state index in [1.807, 2.05) is 6.07 Å². The van der Waals surface area contributed by atoms with Crippen LogP contribution in [-0.2, 0) is 30.6 Å². The van der Waals surface area contributed by atoms with Crippen molar-refractivity contribution in [2.24, 2.45) is 5.16 Å². The zero-order valence-electron chi connectivity index (χ0n) is 21.6. The molecule has 13 nitrogen and oxygen atoms in total. The van der Waals surface area contributed by atoms with Crippen LogP contribution in [0.3, 0.4) is 0 Å². The number of hydrogen-bond acceptors (Lipinski definition) is 11. The Labute approximate surface area is 248 Å². The molecule has 38 heavy (non-hydrogen) atoms. The average molecular weight is 571 g/mol. The number of oxime groups is 1. The summed E-state index contributed by atoms with van der Waals surface area (Å²) in [7, 11) is 0. The Morgan fingerprint density at radius 3 is 2.63 bits per heavy atom. The van der Waals surface area contributed by atoms with Crippen LogP contribution in [0.4, 0.5) is 5.13 Å². The van der Waals surface area contributed by atoms with Gasteiger partial charge >= 0.3 is 35.5 Å². The normalized spacial score (nSPS) is 19.2. The molecule has 196 valence electrons. The number of pyridine rings is 1. The first-order chi connectivity index (χ1) is 17.5. The summed E-state index contributed by atoms with van der Waals surface area (Å²) in [6.45, 7) is 2.74. The molecule has 0 unspecified atom stereocenters. The standard InChI is InChI=1S/C22H22N6O7S2.Na.H/c1-22(2,20(33)34)35-26-13(12-10-37-21(23)24-12)16(29)25-14-17(30)28-15(19(31)32)11(9-36-18(14)28)8-27-6-4-3-5-7-27;;/h3-7,10,14,18H,8-9H2,1-2H3,(H4-,23,24,25,29,31,32,33,34);;/q;+1;-1/b26-13-;;/t14-,18-;;/m1../s1. The number of nitrogens with zero attached hydrogens (tertiary/aromatic N) is 4. The van der Waals surface area contributed by atoms with E-state index in [9.17, 15) is 29.4 Å². The van der Waals surface area contributed by atoms with Crippen molar-refractivity contribution in [3.63, 3.8) is 0 Å². The number of β-lactam (4-membered cyclic amide) rings is 1. The Kier molecular flexibility index (Phi) is 9.20. The number of rotatable bonds is 9. The molecular formula is C22H23N6NaO7S2. The summed E-state index contributed by atoms with van der Waals surface area (Å²) in [4.78, 5) is 59.6. The van der Waals surface area contributed by atoms with Gasteiger partial charge in [0.15, 0.2) is 29.8 Å². The van der Waals surface area contributed by atoms with Gasteiger partial charge in [0, 0.05) is 28.8 Å². The molecular weight excluding hydrogens is 547 g/mol. The minimum atomic E-state index is -1.75. The topological polar surface area (TPSA) is 191 Å². The summed E-state index contributed by atoms with van der Waals surface area (Å²) >= 11 is 2.32. The van der Waals surface area contributed by atoms with Crippen molar-refractivity contribution in [2.75, 3.05) is 11.5 Å². The molecule has 2 atom stereocenters. The summed E-state index contributed by atoms with van der Waals surface area (Å²) < 4.78 is 1.78. The third kappa shape index (κ3) is 6.02. The van der Waals surface area contributed by atoms with E-state index in [2.05, 4.69) is 15.5 Å². The Hall–Kier alpha value is -2.98. The summed E-state index contributed by atoms with van der Waals surface area (Å²) in [6.07, 6.45) is 3.55. The van der Waals surface area contributed by atoms with Gasteiger partial charge in [-0.2, -0.15) is 0 Å². The zero-order valence-corrected chi connectivity index (χ0v) is 24.2. The molecule has 4 N–H and O–H groups in total. The van der Waals surface area contributed by atoms with Crippen LogP contribution in [0.1, 0.15) is 21.0 Å². The minimum Gasteiger partial charge on any atom is -1.00 e. The second-order valence-corrected chi connectivity index (χ2v) is 10.6.